The van der Waals surface area contributed by atoms with Crippen molar-refractivity contribution in [3.05, 3.63) is 29.0 Å². The highest BCUT2D eigenvalue weighted by atomic mass is 16.1. The number of H-pyrrole nitrogens is 1. The molecule has 0 bridgehead atoms. The van der Waals surface area contributed by atoms with Crippen LogP contribution in [0, 0.1) is 6.92 Å². The Balaban J connectivity index is 3.32. The van der Waals surface area contributed by atoms with Crippen LogP contribution in [0.25, 0.3) is 6.20 Å². The van der Waals surface area contributed by atoms with Crippen LogP contribution >= 0.6 is 0 Å². The highest BCUT2D eigenvalue weighted by Gasteiger charge is 1.91. The Kier molecular flexibility index (Phi) is 1.26. The molecule has 0 saturated heterocycles. The monoisotopic (exact) mass is 124 g/mol. The van der Waals surface area contributed by atoms with Gasteiger partial charge in [0.05, 0.1) is 0 Å². The summed E-state index contributed by atoms with van der Waals surface area (Å²) in [4.78, 5) is 13.3. The molecule has 0 radical (unpaired) electrons. The number of hydrogen-bond acceptors (Lipinski definition) is 1. The second-order valence-electron chi connectivity index (χ2n) is 1.83. The fourth-order valence-electron chi connectivity index (χ4n) is 0.668. The van der Waals surface area contributed by atoms with Gasteiger partial charge in [0.15, 0.2) is 0 Å². The molecule has 1 aromatic rings. The van der Waals surface area contributed by atoms with Gasteiger partial charge in [0.1, 0.15) is 0 Å². The average molecular weight is 124 g/mol. The lowest BCUT2D eigenvalue weighted by atomic mass is 10.6. The summed E-state index contributed by atoms with van der Waals surface area (Å²) in [6.45, 7) is 5.27. The van der Waals surface area contributed by atoms with Gasteiger partial charge in [-0.15, -0.1) is 0 Å². The van der Waals surface area contributed by atoms with E-state index in [9.17, 15) is 4.79 Å². The Bertz CT molecular complexity index is 269. The van der Waals surface area contributed by atoms with E-state index < -0.39 is 0 Å². The van der Waals surface area contributed by atoms with Crippen LogP contribution in [-0.2, 0) is 0 Å². The van der Waals surface area contributed by atoms with Crippen molar-refractivity contribution in [2.24, 2.45) is 0 Å². The third kappa shape index (κ3) is 0.937. The molecule has 0 aliphatic heterocycles. The van der Waals surface area contributed by atoms with Gasteiger partial charge < -0.3 is 4.98 Å². The van der Waals surface area contributed by atoms with Crippen molar-refractivity contribution in [3.8, 4) is 0 Å². The molecule has 0 spiro atoms. The number of nitrogens with one attached hydrogen (secondary N) is 1. The summed E-state index contributed by atoms with van der Waals surface area (Å²) in [7, 11) is 0. The number of nitrogens with zero attached hydrogens (tertiary/aromatic N) is 1. The summed E-state index contributed by atoms with van der Waals surface area (Å²) in [6.07, 6.45) is 3.15. The molecule has 1 aromatic heterocycles. The first kappa shape index (κ1) is 5.88. The van der Waals surface area contributed by atoms with Crippen molar-refractivity contribution in [2.75, 3.05) is 0 Å². The van der Waals surface area contributed by atoms with Gasteiger partial charge in [0.2, 0.25) is 0 Å². The van der Waals surface area contributed by atoms with Crippen molar-refractivity contribution in [1.29, 1.82) is 0 Å². The van der Waals surface area contributed by atoms with Crippen LogP contribution in [0.15, 0.2) is 17.6 Å². The van der Waals surface area contributed by atoms with Crippen molar-refractivity contribution in [3.63, 3.8) is 0 Å². The Morgan fingerprint density at radius 3 is 2.78 bits per heavy atom. The number of imidazole rings is 1. The van der Waals surface area contributed by atoms with Gasteiger partial charge in [-0.3, -0.25) is 4.57 Å². The van der Waals surface area contributed by atoms with Crippen LogP contribution in [-0.4, -0.2) is 9.55 Å². The molecular weight excluding hydrogens is 116 g/mol. The molecule has 0 unspecified atom stereocenters. The fraction of sp³-hybridized carbons (Fsp3) is 0.167. The zero-order valence-electron chi connectivity index (χ0n) is 5.22. The van der Waals surface area contributed by atoms with Crippen LogP contribution < -0.4 is 5.69 Å². The molecule has 0 atom stereocenters. The lowest BCUT2D eigenvalue weighted by Crippen LogP contribution is -2.09. The molecule has 1 heterocycles. The normalized spacial score (nSPS) is 9.44. The first-order valence-corrected chi connectivity index (χ1v) is 2.64. The summed E-state index contributed by atoms with van der Waals surface area (Å²) in [5, 5.41) is 0. The minimum atomic E-state index is -0.137. The standard InChI is InChI=1S/C6H8N2O/c1-3-8-4-5(2)7-6(8)9/h3-4H,1H2,2H3,(H,7,9). The molecule has 9 heavy (non-hydrogen) atoms. The lowest BCUT2D eigenvalue weighted by molar-refractivity contribution is 1.05. The average Bonchev–Trinajstić information content (AvgIpc) is 2.10. The third-order valence-electron chi connectivity index (χ3n) is 1.07. The molecule has 1 rings (SSSR count). The molecule has 0 fully saturated rings. The van der Waals surface area contributed by atoms with Crippen LogP contribution in [0.5, 0.6) is 0 Å². The van der Waals surface area contributed by atoms with Gasteiger partial charge in [-0.05, 0) is 6.92 Å². The summed E-state index contributed by atoms with van der Waals surface area (Å²) < 4.78 is 1.40. The molecular formula is C6H8N2O. The Hall–Kier alpha value is -1.25. The van der Waals surface area contributed by atoms with Crippen molar-refractivity contribution < 1.29 is 0 Å². The number of aromatic amines is 1. The van der Waals surface area contributed by atoms with Crippen LogP contribution in [0.4, 0.5) is 0 Å². The predicted octanol–water partition coefficient (Wildman–Crippen LogP) is 0.585. The molecule has 3 nitrogen and oxygen atoms in total. The number of rotatable bonds is 1. The van der Waals surface area contributed by atoms with Crippen molar-refractivity contribution in [2.45, 2.75) is 6.92 Å². The van der Waals surface area contributed by atoms with Gasteiger partial charge in [-0.2, -0.15) is 0 Å². The summed E-state index contributed by atoms with van der Waals surface area (Å²) in [6, 6.07) is 0. The maximum atomic E-state index is 10.7. The number of hydrogen-bond donors (Lipinski definition) is 1. The van der Waals surface area contributed by atoms with E-state index in [4.69, 9.17) is 0 Å². The summed E-state index contributed by atoms with van der Waals surface area (Å²) >= 11 is 0. The maximum absolute atomic E-state index is 10.7. The van der Waals surface area contributed by atoms with Gasteiger partial charge in [0.25, 0.3) is 0 Å². The molecule has 0 aliphatic rings. The molecule has 48 valence electrons. The van der Waals surface area contributed by atoms with E-state index >= 15 is 0 Å². The van der Waals surface area contributed by atoms with Gasteiger partial charge in [-0.25, -0.2) is 4.79 Å². The van der Waals surface area contributed by atoms with E-state index in [-0.39, 0.29) is 5.69 Å². The molecule has 0 aromatic carbocycles. The Morgan fingerprint density at radius 2 is 2.56 bits per heavy atom. The number of aromatic nitrogens is 2. The molecule has 0 saturated carbocycles. The Labute approximate surface area is 52.6 Å². The topological polar surface area (TPSA) is 37.8 Å². The van der Waals surface area contributed by atoms with Gasteiger partial charge in [-0.1, -0.05) is 6.58 Å². The summed E-state index contributed by atoms with van der Waals surface area (Å²) in [5.41, 5.74) is 0.711. The second kappa shape index (κ2) is 1.93. The zero-order valence-corrected chi connectivity index (χ0v) is 5.22. The van der Waals surface area contributed by atoms with Crippen LogP contribution in [0.3, 0.4) is 0 Å². The van der Waals surface area contributed by atoms with Crippen molar-refractivity contribution >= 4 is 6.20 Å². The zero-order chi connectivity index (χ0) is 6.85. The number of aryl methyl sites for hydroxylation is 1. The van der Waals surface area contributed by atoms with Crippen LogP contribution in [0.2, 0.25) is 0 Å². The molecule has 0 aliphatic carbocycles. The second-order valence-corrected chi connectivity index (χ2v) is 1.83. The van der Waals surface area contributed by atoms with E-state index in [0.29, 0.717) is 0 Å². The van der Waals surface area contributed by atoms with Crippen molar-refractivity contribution in [1.82, 2.24) is 9.55 Å². The molecule has 0 amide bonds. The quantitative estimate of drug-likeness (QED) is 0.584. The van der Waals surface area contributed by atoms with Crippen LogP contribution in [0.1, 0.15) is 5.69 Å². The third-order valence-corrected chi connectivity index (χ3v) is 1.07. The van der Waals surface area contributed by atoms with E-state index in [1.807, 2.05) is 6.92 Å². The first-order chi connectivity index (χ1) is 4.24. The molecule has 1 N–H and O–H groups in total. The van der Waals surface area contributed by atoms with Gasteiger partial charge >= 0.3 is 5.69 Å². The maximum Gasteiger partial charge on any atom is 0.329 e. The SMILES string of the molecule is C=Cn1cc(C)[nH]c1=O. The smallest absolute Gasteiger partial charge is 0.310 e. The van der Waals surface area contributed by atoms with E-state index in [1.54, 1.807) is 6.20 Å². The fourth-order valence-corrected chi connectivity index (χ4v) is 0.668. The molecule has 3 heteroatoms. The largest absolute Gasteiger partial charge is 0.329 e. The predicted molar refractivity (Wildman–Crippen MR) is 36.2 cm³/mol. The van der Waals surface area contributed by atoms with E-state index in [1.165, 1.54) is 10.8 Å². The minimum absolute atomic E-state index is 0.137. The first-order valence-electron chi connectivity index (χ1n) is 2.64. The highest BCUT2D eigenvalue weighted by Crippen LogP contribution is 1.85. The van der Waals surface area contributed by atoms with Gasteiger partial charge in [0, 0.05) is 18.1 Å². The highest BCUT2D eigenvalue weighted by molar-refractivity contribution is 5.17. The Morgan fingerprint density at radius 1 is 1.89 bits per heavy atom. The van der Waals surface area contributed by atoms with E-state index in [2.05, 4.69) is 11.6 Å². The summed E-state index contributed by atoms with van der Waals surface area (Å²) in [5.74, 6) is 0. The lowest BCUT2D eigenvalue weighted by Gasteiger charge is -1.81. The van der Waals surface area contributed by atoms with E-state index in [0.717, 1.165) is 5.69 Å². The minimum Gasteiger partial charge on any atom is -0.310 e.